The Kier molecular flexibility index (Phi) is 7.13. The molecule has 17 heavy (non-hydrogen) atoms. The highest BCUT2D eigenvalue weighted by Gasteiger charge is 2.04. The van der Waals surface area contributed by atoms with Crippen LogP contribution in [0.3, 0.4) is 0 Å². The van der Waals surface area contributed by atoms with Gasteiger partial charge >= 0.3 is 0 Å². The minimum Gasteiger partial charge on any atom is -0.383 e. The maximum Gasteiger partial charge on any atom is 0.0616 e. The van der Waals surface area contributed by atoms with Gasteiger partial charge in [0.15, 0.2) is 0 Å². The molecule has 1 aromatic carbocycles. The van der Waals surface area contributed by atoms with Crippen LogP contribution in [0, 0.1) is 11.8 Å². The summed E-state index contributed by atoms with van der Waals surface area (Å²) in [5.74, 6) is 6.26. The van der Waals surface area contributed by atoms with Crippen molar-refractivity contribution in [1.29, 1.82) is 0 Å². The van der Waals surface area contributed by atoms with Gasteiger partial charge in [0.1, 0.15) is 0 Å². The second-order valence-corrected chi connectivity index (χ2v) is 3.99. The van der Waals surface area contributed by atoms with Gasteiger partial charge in [-0.25, -0.2) is 0 Å². The summed E-state index contributed by atoms with van der Waals surface area (Å²) in [6.07, 6.45) is 2.29. The van der Waals surface area contributed by atoms with Crippen LogP contribution in [0.5, 0.6) is 0 Å². The van der Waals surface area contributed by atoms with E-state index in [4.69, 9.17) is 4.74 Å². The third-order valence-electron chi connectivity index (χ3n) is 2.49. The van der Waals surface area contributed by atoms with Crippen LogP contribution in [0.4, 0.5) is 0 Å². The van der Waals surface area contributed by atoms with E-state index in [2.05, 4.69) is 24.1 Å². The Hall–Kier alpha value is -1.30. The largest absolute Gasteiger partial charge is 0.383 e. The molecule has 0 amide bonds. The summed E-state index contributed by atoms with van der Waals surface area (Å²) in [5, 5.41) is 3.39. The summed E-state index contributed by atoms with van der Waals surface area (Å²) in [7, 11) is 1.74. The molecule has 1 atom stereocenters. The van der Waals surface area contributed by atoms with Crippen molar-refractivity contribution in [3.05, 3.63) is 35.9 Å². The van der Waals surface area contributed by atoms with Gasteiger partial charge in [0.25, 0.3) is 0 Å². The van der Waals surface area contributed by atoms with Gasteiger partial charge in [-0.15, -0.1) is 0 Å². The van der Waals surface area contributed by atoms with E-state index in [9.17, 15) is 0 Å². The molecule has 1 aromatic rings. The molecule has 1 N–H and O–H groups in total. The molecule has 0 aliphatic heterocycles. The van der Waals surface area contributed by atoms with Crippen molar-refractivity contribution in [2.45, 2.75) is 25.8 Å². The molecular weight excluding hydrogens is 210 g/mol. The lowest BCUT2D eigenvalue weighted by atomic mass is 10.2. The van der Waals surface area contributed by atoms with E-state index in [0.717, 1.165) is 25.0 Å². The normalized spacial score (nSPS) is 11.6. The van der Waals surface area contributed by atoms with Gasteiger partial charge in [0.05, 0.1) is 13.2 Å². The number of hydrogen-bond donors (Lipinski definition) is 1. The number of nitrogens with one attached hydrogen (secondary N) is 1. The van der Waals surface area contributed by atoms with Crippen molar-refractivity contribution >= 4 is 0 Å². The first-order chi connectivity index (χ1) is 8.36. The molecule has 0 aliphatic carbocycles. The van der Waals surface area contributed by atoms with Crippen molar-refractivity contribution in [2.75, 3.05) is 20.3 Å². The molecule has 0 bridgehead atoms. The lowest BCUT2D eigenvalue weighted by Crippen LogP contribution is -2.33. The summed E-state index contributed by atoms with van der Waals surface area (Å²) in [6, 6.07) is 10.5. The van der Waals surface area contributed by atoms with Gasteiger partial charge in [-0.05, 0) is 18.6 Å². The monoisotopic (exact) mass is 231 g/mol. The SMILES string of the molecule is CCCC(COC)NCC#Cc1ccccc1. The zero-order chi connectivity index (χ0) is 12.3. The van der Waals surface area contributed by atoms with E-state index < -0.39 is 0 Å². The first-order valence-electron chi connectivity index (χ1n) is 6.13. The summed E-state index contributed by atoms with van der Waals surface area (Å²) < 4.78 is 5.16. The van der Waals surface area contributed by atoms with Gasteiger partial charge in [0.2, 0.25) is 0 Å². The maximum absolute atomic E-state index is 5.16. The molecule has 92 valence electrons. The second-order valence-electron chi connectivity index (χ2n) is 3.99. The lowest BCUT2D eigenvalue weighted by Gasteiger charge is -2.14. The van der Waals surface area contributed by atoms with Gasteiger partial charge < -0.3 is 10.1 Å². The van der Waals surface area contributed by atoms with Crippen LogP contribution in [0.25, 0.3) is 0 Å². The fourth-order valence-corrected chi connectivity index (χ4v) is 1.66. The zero-order valence-electron chi connectivity index (χ0n) is 10.7. The van der Waals surface area contributed by atoms with Crippen LogP contribution in [0.15, 0.2) is 30.3 Å². The van der Waals surface area contributed by atoms with Crippen LogP contribution in [0.1, 0.15) is 25.3 Å². The van der Waals surface area contributed by atoms with E-state index in [1.807, 2.05) is 30.3 Å². The molecule has 1 unspecified atom stereocenters. The van der Waals surface area contributed by atoms with Crippen LogP contribution in [-0.4, -0.2) is 26.3 Å². The predicted octanol–water partition coefficient (Wildman–Crippen LogP) is 2.44. The Morgan fingerprint density at radius 2 is 2.06 bits per heavy atom. The molecule has 0 saturated carbocycles. The molecule has 0 aromatic heterocycles. The summed E-state index contributed by atoms with van der Waals surface area (Å²) in [5.41, 5.74) is 1.06. The third kappa shape index (κ3) is 6.11. The van der Waals surface area contributed by atoms with Gasteiger partial charge in [-0.3, -0.25) is 0 Å². The molecule has 0 aliphatic rings. The van der Waals surface area contributed by atoms with E-state index in [1.54, 1.807) is 7.11 Å². The zero-order valence-corrected chi connectivity index (χ0v) is 10.7. The Labute approximate surface area is 104 Å². The van der Waals surface area contributed by atoms with Crippen LogP contribution < -0.4 is 5.32 Å². The maximum atomic E-state index is 5.16. The number of ether oxygens (including phenoxy) is 1. The molecule has 0 radical (unpaired) electrons. The Morgan fingerprint density at radius 3 is 2.71 bits per heavy atom. The van der Waals surface area contributed by atoms with E-state index in [1.165, 1.54) is 0 Å². The predicted molar refractivity (Wildman–Crippen MR) is 71.9 cm³/mol. The second kappa shape index (κ2) is 8.81. The quantitative estimate of drug-likeness (QED) is 0.759. The minimum absolute atomic E-state index is 0.412. The van der Waals surface area contributed by atoms with Gasteiger partial charge in [-0.2, -0.15) is 0 Å². The molecule has 2 heteroatoms. The molecule has 0 heterocycles. The third-order valence-corrected chi connectivity index (χ3v) is 2.49. The Balaban J connectivity index is 2.33. The van der Waals surface area contributed by atoms with Crippen molar-refractivity contribution in [1.82, 2.24) is 5.32 Å². The summed E-state index contributed by atoms with van der Waals surface area (Å²) in [4.78, 5) is 0. The molecule has 0 spiro atoms. The topological polar surface area (TPSA) is 21.3 Å². The summed E-state index contributed by atoms with van der Waals surface area (Å²) in [6.45, 7) is 3.64. The molecule has 0 saturated heterocycles. The van der Waals surface area contributed by atoms with E-state index >= 15 is 0 Å². The molecule has 0 fully saturated rings. The van der Waals surface area contributed by atoms with Crippen molar-refractivity contribution in [2.24, 2.45) is 0 Å². The first kappa shape index (κ1) is 13.8. The van der Waals surface area contributed by atoms with Crippen LogP contribution in [0.2, 0.25) is 0 Å². The smallest absolute Gasteiger partial charge is 0.0616 e. The van der Waals surface area contributed by atoms with Gasteiger partial charge in [-0.1, -0.05) is 43.4 Å². The van der Waals surface area contributed by atoms with E-state index in [-0.39, 0.29) is 0 Å². The van der Waals surface area contributed by atoms with Crippen LogP contribution in [-0.2, 0) is 4.74 Å². The fraction of sp³-hybridized carbons (Fsp3) is 0.467. The fourth-order valence-electron chi connectivity index (χ4n) is 1.66. The number of rotatable bonds is 6. The van der Waals surface area contributed by atoms with Gasteiger partial charge in [0, 0.05) is 18.7 Å². The summed E-state index contributed by atoms with van der Waals surface area (Å²) >= 11 is 0. The lowest BCUT2D eigenvalue weighted by molar-refractivity contribution is 0.164. The average Bonchev–Trinajstić information content (AvgIpc) is 2.36. The minimum atomic E-state index is 0.412. The average molecular weight is 231 g/mol. The van der Waals surface area contributed by atoms with Crippen molar-refractivity contribution in [3.63, 3.8) is 0 Å². The number of benzene rings is 1. The molecule has 2 nitrogen and oxygen atoms in total. The standard InChI is InChI=1S/C15H21NO/c1-3-8-15(13-17-2)16-12-7-11-14-9-5-4-6-10-14/h4-6,9-10,15-16H,3,8,12-13H2,1-2H3. The van der Waals surface area contributed by atoms with Crippen LogP contribution >= 0.6 is 0 Å². The number of hydrogen-bond acceptors (Lipinski definition) is 2. The van der Waals surface area contributed by atoms with Crippen molar-refractivity contribution < 1.29 is 4.74 Å². The highest BCUT2D eigenvalue weighted by molar-refractivity contribution is 5.33. The highest BCUT2D eigenvalue weighted by atomic mass is 16.5. The number of methoxy groups -OCH3 is 1. The first-order valence-corrected chi connectivity index (χ1v) is 6.13. The molecular formula is C15H21NO. The Bertz CT molecular complexity index is 344. The van der Waals surface area contributed by atoms with E-state index in [0.29, 0.717) is 12.6 Å². The highest BCUT2D eigenvalue weighted by Crippen LogP contribution is 1.97. The molecule has 1 rings (SSSR count). The van der Waals surface area contributed by atoms with Crippen molar-refractivity contribution in [3.8, 4) is 11.8 Å². The Morgan fingerprint density at radius 1 is 1.29 bits per heavy atom.